The van der Waals surface area contributed by atoms with Crippen LogP contribution in [-0.2, 0) is 9.84 Å². The molecule has 0 bridgehead atoms. The van der Waals surface area contributed by atoms with Crippen molar-refractivity contribution in [3.8, 4) is 0 Å². The molecule has 3 N–H and O–H groups in total. The quantitative estimate of drug-likeness (QED) is 0.424. The second-order valence-electron chi connectivity index (χ2n) is 5.64. The summed E-state index contributed by atoms with van der Waals surface area (Å²) in [6.45, 7) is 0.303. The summed E-state index contributed by atoms with van der Waals surface area (Å²) in [7, 11) is -3.01. The van der Waals surface area contributed by atoms with E-state index in [-0.39, 0.29) is 24.0 Å². The number of hydrogen-bond acceptors (Lipinski definition) is 3. The average Bonchev–Trinajstić information content (AvgIpc) is 3.08. The van der Waals surface area contributed by atoms with E-state index in [1.54, 1.807) is 0 Å². The van der Waals surface area contributed by atoms with E-state index >= 15 is 0 Å². The third-order valence-corrected chi connectivity index (χ3v) is 6.20. The number of nitrogens with zero attached hydrogens (tertiary/aromatic N) is 1. The Balaban J connectivity index is 0.00000180. The van der Waals surface area contributed by atoms with Crippen LogP contribution in [0.3, 0.4) is 0 Å². The van der Waals surface area contributed by atoms with Gasteiger partial charge in [0, 0.05) is 12.3 Å². The van der Waals surface area contributed by atoms with Gasteiger partial charge < -0.3 is 11.1 Å². The monoisotopic (exact) mass is 401 g/mol. The number of sulfone groups is 1. The van der Waals surface area contributed by atoms with Gasteiger partial charge in [-0.2, -0.15) is 0 Å². The van der Waals surface area contributed by atoms with Gasteiger partial charge in [-0.3, -0.25) is 4.99 Å². The van der Waals surface area contributed by atoms with Gasteiger partial charge in [0.25, 0.3) is 0 Å². The van der Waals surface area contributed by atoms with E-state index in [0.717, 1.165) is 12.8 Å². The Morgan fingerprint density at radius 1 is 1.32 bits per heavy atom. The molecule has 0 atom stereocenters. The molecule has 0 heterocycles. The summed E-state index contributed by atoms with van der Waals surface area (Å²) in [5, 5.41) is 3.20. The van der Waals surface area contributed by atoms with Crippen LogP contribution in [0.5, 0.6) is 0 Å². The summed E-state index contributed by atoms with van der Waals surface area (Å²) in [6, 6.07) is 0.413. The fourth-order valence-corrected chi connectivity index (χ4v) is 3.66. The first-order chi connectivity index (χ1) is 8.43. The minimum Gasteiger partial charge on any atom is -0.370 e. The molecule has 0 aromatic carbocycles. The third-order valence-electron chi connectivity index (χ3n) is 4.09. The molecule has 2 rings (SSSR count). The largest absolute Gasteiger partial charge is 0.370 e. The SMILES string of the molecule is CS(=O)(=O)C1(CN=C(N)NC2CCCCC2)CC1.I. The maximum Gasteiger partial charge on any atom is 0.188 e. The molecule has 0 saturated heterocycles. The van der Waals surface area contributed by atoms with E-state index in [0.29, 0.717) is 31.4 Å². The van der Waals surface area contributed by atoms with E-state index < -0.39 is 14.6 Å². The van der Waals surface area contributed by atoms with Crippen LogP contribution in [0.4, 0.5) is 0 Å². The molecular weight excluding hydrogens is 377 g/mol. The van der Waals surface area contributed by atoms with Crippen molar-refractivity contribution in [3.05, 3.63) is 0 Å². The zero-order chi connectivity index (χ0) is 13.2. The predicted octanol–water partition coefficient (Wildman–Crippen LogP) is 1.42. The molecule has 2 aliphatic rings. The fraction of sp³-hybridized carbons (Fsp3) is 0.917. The van der Waals surface area contributed by atoms with Gasteiger partial charge in [0.15, 0.2) is 15.8 Å². The van der Waals surface area contributed by atoms with Gasteiger partial charge in [-0.25, -0.2) is 8.42 Å². The van der Waals surface area contributed by atoms with Gasteiger partial charge in [0.1, 0.15) is 0 Å². The number of nitrogens with two attached hydrogens (primary N) is 1. The molecule has 0 unspecified atom stereocenters. The standard InChI is InChI=1S/C12H23N3O2S.HI/c1-18(16,17)12(7-8-12)9-14-11(13)15-10-5-3-2-4-6-10;/h10H,2-9H2,1H3,(H3,13,14,15);1H. The second kappa shape index (κ2) is 6.60. The fourth-order valence-electron chi connectivity index (χ4n) is 2.52. The van der Waals surface area contributed by atoms with E-state index in [1.165, 1.54) is 25.5 Å². The first-order valence-electron chi connectivity index (χ1n) is 6.69. The summed E-state index contributed by atoms with van der Waals surface area (Å²) in [4.78, 5) is 4.22. The molecule has 2 aliphatic carbocycles. The lowest BCUT2D eigenvalue weighted by atomic mass is 9.96. The van der Waals surface area contributed by atoms with Crippen molar-refractivity contribution in [2.75, 3.05) is 12.8 Å². The highest BCUT2D eigenvalue weighted by Gasteiger charge is 2.51. The molecule has 19 heavy (non-hydrogen) atoms. The molecule has 0 spiro atoms. The van der Waals surface area contributed by atoms with Crippen molar-refractivity contribution in [2.24, 2.45) is 10.7 Å². The Morgan fingerprint density at radius 2 is 1.89 bits per heavy atom. The van der Waals surface area contributed by atoms with Gasteiger partial charge >= 0.3 is 0 Å². The molecule has 0 amide bonds. The first kappa shape index (κ1) is 17.0. The van der Waals surface area contributed by atoms with Gasteiger partial charge in [-0.05, 0) is 25.7 Å². The van der Waals surface area contributed by atoms with Crippen molar-refractivity contribution < 1.29 is 8.42 Å². The van der Waals surface area contributed by atoms with Crippen molar-refractivity contribution in [3.63, 3.8) is 0 Å². The van der Waals surface area contributed by atoms with Gasteiger partial charge in [-0.1, -0.05) is 19.3 Å². The van der Waals surface area contributed by atoms with Crippen LogP contribution in [0.25, 0.3) is 0 Å². The lowest BCUT2D eigenvalue weighted by Crippen LogP contribution is -2.41. The Kier molecular flexibility index (Phi) is 5.91. The minimum atomic E-state index is -3.01. The molecule has 112 valence electrons. The summed E-state index contributed by atoms with van der Waals surface area (Å²) in [5.74, 6) is 0.400. The van der Waals surface area contributed by atoms with Gasteiger partial charge in [-0.15, -0.1) is 24.0 Å². The Hall–Kier alpha value is -0.0500. The average molecular weight is 401 g/mol. The number of rotatable bonds is 4. The Morgan fingerprint density at radius 3 is 2.37 bits per heavy atom. The molecule has 2 fully saturated rings. The summed E-state index contributed by atoms with van der Waals surface area (Å²) in [6.07, 6.45) is 8.75. The topological polar surface area (TPSA) is 84.5 Å². The van der Waals surface area contributed by atoms with Crippen LogP contribution in [0.1, 0.15) is 44.9 Å². The molecule has 2 saturated carbocycles. The van der Waals surface area contributed by atoms with Crippen LogP contribution in [0.2, 0.25) is 0 Å². The van der Waals surface area contributed by atoms with Crippen molar-refractivity contribution in [1.29, 1.82) is 0 Å². The van der Waals surface area contributed by atoms with Crippen molar-refractivity contribution in [1.82, 2.24) is 5.32 Å². The Bertz CT molecular complexity index is 426. The second-order valence-corrected chi connectivity index (χ2v) is 8.05. The summed E-state index contributed by atoms with van der Waals surface area (Å²) in [5.41, 5.74) is 5.83. The number of halogens is 1. The zero-order valence-electron chi connectivity index (χ0n) is 11.4. The van der Waals surface area contributed by atoms with Crippen LogP contribution in [0, 0.1) is 0 Å². The van der Waals surface area contributed by atoms with Crippen LogP contribution in [0.15, 0.2) is 4.99 Å². The zero-order valence-corrected chi connectivity index (χ0v) is 14.5. The molecule has 0 radical (unpaired) electrons. The lowest BCUT2D eigenvalue weighted by Gasteiger charge is -2.23. The highest BCUT2D eigenvalue weighted by molar-refractivity contribution is 14.0. The third kappa shape index (κ3) is 4.47. The maximum absolute atomic E-state index is 11.6. The normalized spacial score (nSPS) is 23.5. The van der Waals surface area contributed by atoms with E-state index in [2.05, 4.69) is 10.3 Å². The van der Waals surface area contributed by atoms with Gasteiger partial charge in [0.2, 0.25) is 0 Å². The highest BCUT2D eigenvalue weighted by Crippen LogP contribution is 2.43. The van der Waals surface area contributed by atoms with Crippen LogP contribution >= 0.6 is 24.0 Å². The molecule has 5 nitrogen and oxygen atoms in total. The molecule has 0 aromatic rings. The summed E-state index contributed by atoms with van der Waals surface area (Å²) < 4.78 is 22.6. The lowest BCUT2D eigenvalue weighted by molar-refractivity contribution is 0.412. The molecule has 7 heteroatoms. The molecule has 0 aliphatic heterocycles. The summed E-state index contributed by atoms with van der Waals surface area (Å²) >= 11 is 0. The Labute approximate surface area is 132 Å². The number of hydrogen-bond donors (Lipinski definition) is 2. The highest BCUT2D eigenvalue weighted by atomic mass is 127. The van der Waals surface area contributed by atoms with Crippen molar-refractivity contribution in [2.45, 2.75) is 55.7 Å². The predicted molar refractivity (Wildman–Crippen MR) is 88.7 cm³/mol. The number of nitrogens with one attached hydrogen (secondary N) is 1. The van der Waals surface area contributed by atoms with Crippen molar-refractivity contribution >= 4 is 39.8 Å². The van der Waals surface area contributed by atoms with Gasteiger partial charge in [0.05, 0.1) is 11.3 Å². The van der Waals surface area contributed by atoms with E-state index in [1.807, 2.05) is 0 Å². The van der Waals surface area contributed by atoms with E-state index in [4.69, 9.17) is 5.73 Å². The smallest absolute Gasteiger partial charge is 0.188 e. The molecular formula is C12H24IN3O2S. The maximum atomic E-state index is 11.6. The number of aliphatic imine (C=N–C) groups is 1. The van der Waals surface area contributed by atoms with Crippen LogP contribution < -0.4 is 11.1 Å². The minimum absolute atomic E-state index is 0. The number of guanidine groups is 1. The van der Waals surface area contributed by atoms with E-state index in [9.17, 15) is 8.42 Å². The first-order valence-corrected chi connectivity index (χ1v) is 8.58. The molecule has 0 aromatic heterocycles. The van der Waals surface area contributed by atoms with Crippen LogP contribution in [-0.4, -0.2) is 38.0 Å².